The maximum atomic E-state index is 6.12. The third-order valence-electron chi connectivity index (χ3n) is 6.11. The SMILES string of the molecule is CNc1nc2cc(OCCCN3CCCC3)c(OC)cc2c2c1CC(C)(C)C2. The monoisotopic (exact) mass is 383 g/mol. The van der Waals surface area contributed by atoms with Gasteiger partial charge in [-0.15, -0.1) is 0 Å². The van der Waals surface area contributed by atoms with Gasteiger partial charge in [0, 0.05) is 25.0 Å². The second kappa shape index (κ2) is 7.78. The van der Waals surface area contributed by atoms with Crippen molar-refractivity contribution in [3.63, 3.8) is 0 Å². The van der Waals surface area contributed by atoms with Crippen molar-refractivity contribution in [1.29, 1.82) is 0 Å². The predicted octanol–water partition coefficient (Wildman–Crippen LogP) is 4.27. The number of benzene rings is 1. The molecule has 0 amide bonds. The van der Waals surface area contributed by atoms with E-state index in [-0.39, 0.29) is 5.41 Å². The lowest BCUT2D eigenvalue weighted by atomic mass is 9.90. The van der Waals surface area contributed by atoms with E-state index in [1.165, 1.54) is 42.4 Å². The first-order valence-corrected chi connectivity index (χ1v) is 10.6. The van der Waals surface area contributed by atoms with Gasteiger partial charge < -0.3 is 19.7 Å². The van der Waals surface area contributed by atoms with Crippen LogP contribution in [0.5, 0.6) is 11.5 Å². The van der Waals surface area contributed by atoms with Gasteiger partial charge in [-0.1, -0.05) is 13.8 Å². The second-order valence-electron chi connectivity index (χ2n) is 8.96. The first-order valence-electron chi connectivity index (χ1n) is 10.6. The van der Waals surface area contributed by atoms with Crippen molar-refractivity contribution >= 4 is 16.7 Å². The maximum absolute atomic E-state index is 6.12. The fourth-order valence-electron chi connectivity index (χ4n) is 4.74. The molecule has 2 heterocycles. The number of pyridine rings is 1. The topological polar surface area (TPSA) is 46.6 Å². The molecule has 1 N–H and O–H groups in total. The van der Waals surface area contributed by atoms with E-state index in [1.54, 1.807) is 7.11 Å². The molecule has 28 heavy (non-hydrogen) atoms. The molecule has 1 aliphatic carbocycles. The van der Waals surface area contributed by atoms with Crippen LogP contribution >= 0.6 is 0 Å². The van der Waals surface area contributed by atoms with Crippen molar-refractivity contribution < 1.29 is 9.47 Å². The fourth-order valence-corrected chi connectivity index (χ4v) is 4.74. The van der Waals surface area contributed by atoms with Gasteiger partial charge in [-0.2, -0.15) is 0 Å². The van der Waals surface area contributed by atoms with Crippen molar-refractivity contribution in [1.82, 2.24) is 9.88 Å². The molecule has 0 radical (unpaired) electrons. The Morgan fingerprint density at radius 2 is 1.86 bits per heavy atom. The minimum Gasteiger partial charge on any atom is -0.493 e. The number of nitrogens with one attached hydrogen (secondary N) is 1. The highest BCUT2D eigenvalue weighted by Gasteiger charge is 2.32. The third-order valence-corrected chi connectivity index (χ3v) is 6.11. The van der Waals surface area contributed by atoms with Gasteiger partial charge in [0.05, 0.1) is 19.2 Å². The molecular weight excluding hydrogens is 350 g/mol. The Kier molecular flexibility index (Phi) is 5.37. The van der Waals surface area contributed by atoms with Gasteiger partial charge in [0.25, 0.3) is 0 Å². The Morgan fingerprint density at radius 1 is 1.11 bits per heavy atom. The molecule has 5 nitrogen and oxygen atoms in total. The summed E-state index contributed by atoms with van der Waals surface area (Å²) >= 11 is 0. The minimum atomic E-state index is 0.266. The van der Waals surface area contributed by atoms with Gasteiger partial charge in [-0.3, -0.25) is 0 Å². The number of hydrogen-bond donors (Lipinski definition) is 1. The van der Waals surface area contributed by atoms with Crippen LogP contribution in [0.3, 0.4) is 0 Å². The molecular formula is C23H33N3O2. The van der Waals surface area contributed by atoms with Crippen LogP contribution in [0, 0.1) is 5.41 Å². The van der Waals surface area contributed by atoms with Crippen molar-refractivity contribution in [3.8, 4) is 11.5 Å². The predicted molar refractivity (Wildman–Crippen MR) is 115 cm³/mol. The molecule has 5 heteroatoms. The summed E-state index contributed by atoms with van der Waals surface area (Å²) in [6.45, 7) is 8.94. The van der Waals surface area contributed by atoms with Crippen LogP contribution in [-0.4, -0.2) is 50.3 Å². The average molecular weight is 384 g/mol. The highest BCUT2D eigenvalue weighted by atomic mass is 16.5. The smallest absolute Gasteiger partial charge is 0.163 e. The Bertz CT molecular complexity index is 857. The number of methoxy groups -OCH3 is 1. The Morgan fingerprint density at radius 3 is 2.57 bits per heavy atom. The van der Waals surface area contributed by atoms with Crippen LogP contribution in [0.15, 0.2) is 12.1 Å². The molecule has 0 saturated carbocycles. The van der Waals surface area contributed by atoms with E-state index >= 15 is 0 Å². The summed E-state index contributed by atoms with van der Waals surface area (Å²) in [7, 11) is 3.68. The van der Waals surface area contributed by atoms with Gasteiger partial charge in [-0.25, -0.2) is 4.98 Å². The van der Waals surface area contributed by atoms with Crippen molar-refractivity contribution in [2.24, 2.45) is 5.41 Å². The Hall–Kier alpha value is -2.01. The van der Waals surface area contributed by atoms with Gasteiger partial charge >= 0.3 is 0 Å². The van der Waals surface area contributed by atoms with Crippen LogP contribution in [0.2, 0.25) is 0 Å². The number of nitrogens with zero attached hydrogens (tertiary/aromatic N) is 2. The second-order valence-corrected chi connectivity index (χ2v) is 8.96. The first-order chi connectivity index (χ1) is 13.5. The molecule has 1 aromatic carbocycles. The lowest BCUT2D eigenvalue weighted by molar-refractivity contribution is 0.254. The van der Waals surface area contributed by atoms with E-state index in [9.17, 15) is 0 Å². The number of fused-ring (bicyclic) bond motifs is 3. The van der Waals surface area contributed by atoms with E-state index in [0.29, 0.717) is 6.61 Å². The molecule has 0 atom stereocenters. The van der Waals surface area contributed by atoms with E-state index in [2.05, 4.69) is 36.2 Å². The standard InChI is InChI=1S/C23H33N3O2/c1-23(2)14-17-16-12-20(27-4)21(28-11-7-10-26-8-5-6-9-26)13-19(16)25-22(24-3)18(17)15-23/h12-13H,5-11,14-15H2,1-4H3,(H,24,25). The van der Waals surface area contributed by atoms with Gasteiger partial charge in [0.2, 0.25) is 0 Å². The lowest BCUT2D eigenvalue weighted by Crippen LogP contribution is -2.21. The van der Waals surface area contributed by atoms with Gasteiger partial charge in [-0.05, 0) is 67.8 Å². The van der Waals surface area contributed by atoms with E-state index < -0.39 is 0 Å². The maximum Gasteiger partial charge on any atom is 0.163 e. The van der Waals surface area contributed by atoms with Crippen molar-refractivity contribution in [3.05, 3.63) is 23.3 Å². The van der Waals surface area contributed by atoms with Crippen molar-refractivity contribution in [2.45, 2.75) is 46.0 Å². The molecule has 1 saturated heterocycles. The first kappa shape index (κ1) is 19.3. The molecule has 1 aliphatic heterocycles. The highest BCUT2D eigenvalue weighted by molar-refractivity contribution is 5.89. The van der Waals surface area contributed by atoms with Gasteiger partial charge in [0.15, 0.2) is 11.5 Å². The number of likely N-dealkylation sites (tertiary alicyclic amines) is 1. The molecule has 2 aliphatic rings. The number of rotatable bonds is 7. The average Bonchev–Trinajstić information content (AvgIpc) is 3.30. The normalized spacial score (nSPS) is 18.4. The minimum absolute atomic E-state index is 0.266. The summed E-state index contributed by atoms with van der Waals surface area (Å²) in [5.74, 6) is 2.60. The van der Waals surface area contributed by atoms with Crippen molar-refractivity contribution in [2.75, 3.05) is 45.7 Å². The highest BCUT2D eigenvalue weighted by Crippen LogP contribution is 2.44. The zero-order chi connectivity index (χ0) is 19.7. The molecule has 1 fully saturated rings. The zero-order valence-corrected chi connectivity index (χ0v) is 17.7. The summed E-state index contributed by atoms with van der Waals surface area (Å²) in [5, 5.41) is 4.50. The van der Waals surface area contributed by atoms with Crippen LogP contribution in [-0.2, 0) is 12.8 Å². The van der Waals surface area contributed by atoms with Gasteiger partial charge in [0.1, 0.15) is 5.82 Å². The summed E-state index contributed by atoms with van der Waals surface area (Å²) < 4.78 is 11.8. The molecule has 152 valence electrons. The number of aromatic nitrogens is 1. The van der Waals surface area contributed by atoms with Crippen LogP contribution < -0.4 is 14.8 Å². The molecule has 0 unspecified atom stereocenters. The van der Waals surface area contributed by atoms with Crippen LogP contribution in [0.4, 0.5) is 5.82 Å². The largest absolute Gasteiger partial charge is 0.493 e. The summed E-state index contributed by atoms with van der Waals surface area (Å²) in [5.41, 5.74) is 4.00. The fraction of sp³-hybridized carbons (Fsp3) is 0.609. The van der Waals surface area contributed by atoms with E-state index in [4.69, 9.17) is 14.5 Å². The summed E-state index contributed by atoms with van der Waals surface area (Å²) in [6.07, 6.45) is 5.82. The Labute approximate surface area is 168 Å². The summed E-state index contributed by atoms with van der Waals surface area (Å²) in [6, 6.07) is 4.17. The zero-order valence-electron chi connectivity index (χ0n) is 17.7. The van der Waals surface area contributed by atoms with E-state index in [1.807, 2.05) is 7.05 Å². The number of ether oxygens (including phenoxy) is 2. The van der Waals surface area contributed by atoms with E-state index in [0.717, 1.165) is 48.6 Å². The molecule has 0 bridgehead atoms. The molecule has 4 rings (SSSR count). The lowest BCUT2D eigenvalue weighted by Gasteiger charge is -2.17. The number of anilines is 1. The quantitative estimate of drug-likeness (QED) is 0.723. The molecule has 2 aromatic rings. The molecule has 0 spiro atoms. The third kappa shape index (κ3) is 3.77. The molecule has 1 aromatic heterocycles. The van der Waals surface area contributed by atoms with Crippen LogP contribution in [0.1, 0.15) is 44.2 Å². The van der Waals surface area contributed by atoms with Crippen LogP contribution in [0.25, 0.3) is 10.9 Å². The summed E-state index contributed by atoms with van der Waals surface area (Å²) in [4.78, 5) is 7.42. The Balaban J connectivity index is 1.59. The number of hydrogen-bond acceptors (Lipinski definition) is 5.